The van der Waals surface area contributed by atoms with Crippen LogP contribution in [0.25, 0.3) is 0 Å². The van der Waals surface area contributed by atoms with E-state index in [1.807, 2.05) is 0 Å². The van der Waals surface area contributed by atoms with Gasteiger partial charge in [0, 0.05) is 23.7 Å². The fourth-order valence-corrected chi connectivity index (χ4v) is 1.59. The summed E-state index contributed by atoms with van der Waals surface area (Å²) in [4.78, 5) is 0. The Morgan fingerprint density at radius 1 is 1.29 bits per heavy atom. The third kappa shape index (κ3) is 3.12. The second-order valence-electron chi connectivity index (χ2n) is 3.35. The van der Waals surface area contributed by atoms with Gasteiger partial charge in [-0.15, -0.1) is 0 Å². The summed E-state index contributed by atoms with van der Waals surface area (Å²) in [5.41, 5.74) is 6.09. The molecule has 0 amide bonds. The lowest BCUT2D eigenvalue weighted by Gasteiger charge is -2.05. The van der Waals surface area contributed by atoms with Gasteiger partial charge >= 0.3 is 0 Å². The first kappa shape index (κ1) is 12.2. The number of rotatable bonds is 4. The molecule has 1 aromatic heterocycles. The van der Waals surface area contributed by atoms with Crippen LogP contribution in [0.4, 0.5) is 0 Å². The van der Waals surface area contributed by atoms with E-state index >= 15 is 0 Å². The lowest BCUT2D eigenvalue weighted by Crippen LogP contribution is -1.96. The monoisotopic (exact) mass is 272 g/mol. The molecule has 0 radical (unpaired) electrons. The molecule has 0 saturated heterocycles. The minimum absolute atomic E-state index is 0.229. The molecular formula is C11H10Cl2N2O2. The molecule has 2 N–H and O–H groups in total. The third-order valence-corrected chi connectivity index (χ3v) is 2.63. The van der Waals surface area contributed by atoms with Gasteiger partial charge in [-0.05, 0) is 12.1 Å². The highest BCUT2D eigenvalue weighted by Crippen LogP contribution is 2.28. The molecule has 1 aromatic carbocycles. The van der Waals surface area contributed by atoms with E-state index in [9.17, 15) is 0 Å². The van der Waals surface area contributed by atoms with E-state index < -0.39 is 0 Å². The average Bonchev–Trinajstić information content (AvgIpc) is 2.78. The van der Waals surface area contributed by atoms with Gasteiger partial charge in [-0.3, -0.25) is 0 Å². The van der Waals surface area contributed by atoms with Crippen molar-refractivity contribution in [3.8, 4) is 5.75 Å². The Morgan fingerprint density at radius 2 is 2.12 bits per heavy atom. The Morgan fingerprint density at radius 3 is 2.82 bits per heavy atom. The lowest BCUT2D eigenvalue weighted by atomic mass is 10.3. The Balaban J connectivity index is 2.04. The Hall–Kier alpha value is -1.23. The van der Waals surface area contributed by atoms with Crippen molar-refractivity contribution in [1.82, 2.24) is 5.16 Å². The van der Waals surface area contributed by atoms with Crippen LogP contribution in [0.3, 0.4) is 0 Å². The van der Waals surface area contributed by atoms with Crippen molar-refractivity contribution in [3.05, 3.63) is 45.8 Å². The number of hydrogen-bond donors (Lipinski definition) is 1. The molecule has 0 unspecified atom stereocenters. The van der Waals surface area contributed by atoms with E-state index in [-0.39, 0.29) is 6.61 Å². The van der Waals surface area contributed by atoms with Gasteiger partial charge < -0.3 is 15.0 Å². The molecule has 0 spiro atoms. The second kappa shape index (κ2) is 5.40. The molecule has 0 fully saturated rings. The first-order valence-corrected chi connectivity index (χ1v) is 5.67. The van der Waals surface area contributed by atoms with Crippen LogP contribution in [-0.2, 0) is 13.2 Å². The number of nitrogens with zero attached hydrogens (tertiary/aromatic N) is 1. The van der Waals surface area contributed by atoms with Gasteiger partial charge in [0.2, 0.25) is 0 Å². The standard InChI is InChI=1S/C11H10Cl2N2O2/c12-7-1-2-10(13)11(3-7)16-6-9-4-8(5-14)15-17-9/h1-4H,5-6,14H2. The maximum absolute atomic E-state index is 5.95. The molecule has 0 atom stereocenters. The molecule has 0 aliphatic heterocycles. The summed E-state index contributed by atoms with van der Waals surface area (Å²) in [5.74, 6) is 1.09. The van der Waals surface area contributed by atoms with Gasteiger partial charge in [-0.2, -0.15) is 0 Å². The minimum atomic E-state index is 0.229. The largest absolute Gasteiger partial charge is 0.484 e. The molecule has 6 heteroatoms. The molecule has 2 aromatic rings. The van der Waals surface area contributed by atoms with Crippen molar-refractivity contribution in [2.75, 3.05) is 0 Å². The zero-order chi connectivity index (χ0) is 12.3. The summed E-state index contributed by atoms with van der Waals surface area (Å²) < 4.78 is 10.5. The predicted octanol–water partition coefficient (Wildman–Crippen LogP) is 3.02. The number of ether oxygens (including phenoxy) is 1. The smallest absolute Gasteiger partial charge is 0.174 e. The average molecular weight is 273 g/mol. The van der Waals surface area contributed by atoms with Crippen LogP contribution in [0.5, 0.6) is 5.75 Å². The first-order valence-electron chi connectivity index (χ1n) is 4.91. The predicted molar refractivity (Wildman–Crippen MR) is 65.2 cm³/mol. The Labute approximate surface area is 108 Å². The summed E-state index contributed by atoms with van der Waals surface area (Å²) in [6.45, 7) is 0.564. The fourth-order valence-electron chi connectivity index (χ4n) is 1.26. The summed E-state index contributed by atoms with van der Waals surface area (Å²) >= 11 is 11.8. The maximum Gasteiger partial charge on any atom is 0.174 e. The molecule has 90 valence electrons. The zero-order valence-electron chi connectivity index (χ0n) is 8.82. The van der Waals surface area contributed by atoms with Crippen molar-refractivity contribution in [2.24, 2.45) is 5.73 Å². The van der Waals surface area contributed by atoms with E-state index in [2.05, 4.69) is 5.16 Å². The normalized spacial score (nSPS) is 10.5. The van der Waals surface area contributed by atoms with Gasteiger partial charge in [0.05, 0.1) is 10.7 Å². The van der Waals surface area contributed by atoms with Crippen LogP contribution >= 0.6 is 23.2 Å². The highest BCUT2D eigenvalue weighted by atomic mass is 35.5. The molecule has 1 heterocycles. The topological polar surface area (TPSA) is 61.3 Å². The second-order valence-corrected chi connectivity index (χ2v) is 4.20. The summed E-state index contributed by atoms with van der Waals surface area (Å²) in [5, 5.41) is 4.80. The van der Waals surface area contributed by atoms with Crippen molar-refractivity contribution in [1.29, 1.82) is 0 Å². The van der Waals surface area contributed by atoms with Crippen molar-refractivity contribution in [3.63, 3.8) is 0 Å². The van der Waals surface area contributed by atoms with E-state index in [1.54, 1.807) is 24.3 Å². The molecule has 17 heavy (non-hydrogen) atoms. The zero-order valence-corrected chi connectivity index (χ0v) is 10.3. The summed E-state index contributed by atoms with van der Waals surface area (Å²) in [6, 6.07) is 6.74. The molecule has 0 aliphatic rings. The van der Waals surface area contributed by atoms with Crippen LogP contribution in [0, 0.1) is 0 Å². The first-order chi connectivity index (χ1) is 8.19. The maximum atomic E-state index is 5.95. The van der Waals surface area contributed by atoms with Crippen LogP contribution in [0.2, 0.25) is 10.0 Å². The van der Waals surface area contributed by atoms with E-state index in [0.29, 0.717) is 33.8 Å². The van der Waals surface area contributed by atoms with Gasteiger partial charge in [0.25, 0.3) is 0 Å². The quantitative estimate of drug-likeness (QED) is 0.930. The number of hydrogen-bond acceptors (Lipinski definition) is 4. The van der Waals surface area contributed by atoms with E-state index in [1.165, 1.54) is 0 Å². The van der Waals surface area contributed by atoms with E-state index in [0.717, 1.165) is 0 Å². The number of nitrogens with two attached hydrogens (primary N) is 1. The fraction of sp³-hybridized carbons (Fsp3) is 0.182. The van der Waals surface area contributed by atoms with Gasteiger partial charge in [-0.25, -0.2) is 0 Å². The molecule has 2 rings (SSSR count). The summed E-state index contributed by atoms with van der Waals surface area (Å²) in [6.07, 6.45) is 0. The number of halogens is 2. The minimum Gasteiger partial charge on any atom is -0.484 e. The van der Waals surface area contributed by atoms with Crippen molar-refractivity contribution in [2.45, 2.75) is 13.2 Å². The summed E-state index contributed by atoms with van der Waals surface area (Å²) in [7, 11) is 0. The highest BCUT2D eigenvalue weighted by molar-refractivity contribution is 6.34. The van der Waals surface area contributed by atoms with E-state index in [4.69, 9.17) is 38.2 Å². The van der Waals surface area contributed by atoms with Crippen molar-refractivity contribution >= 4 is 23.2 Å². The third-order valence-electron chi connectivity index (χ3n) is 2.08. The molecule has 4 nitrogen and oxygen atoms in total. The van der Waals surface area contributed by atoms with Gasteiger partial charge in [-0.1, -0.05) is 28.4 Å². The SMILES string of the molecule is NCc1cc(COc2cc(Cl)ccc2Cl)on1. The molecule has 0 bridgehead atoms. The highest BCUT2D eigenvalue weighted by Gasteiger charge is 2.06. The van der Waals surface area contributed by atoms with Crippen LogP contribution < -0.4 is 10.5 Å². The van der Waals surface area contributed by atoms with Gasteiger partial charge in [0.15, 0.2) is 5.76 Å². The Bertz CT molecular complexity index is 514. The molecule has 0 aliphatic carbocycles. The van der Waals surface area contributed by atoms with Crippen LogP contribution in [-0.4, -0.2) is 5.16 Å². The van der Waals surface area contributed by atoms with Gasteiger partial charge in [0.1, 0.15) is 12.4 Å². The number of benzene rings is 1. The van der Waals surface area contributed by atoms with Crippen LogP contribution in [0.15, 0.2) is 28.8 Å². The lowest BCUT2D eigenvalue weighted by molar-refractivity contribution is 0.248. The molecule has 0 saturated carbocycles. The van der Waals surface area contributed by atoms with Crippen LogP contribution in [0.1, 0.15) is 11.5 Å². The number of aromatic nitrogens is 1. The molecular weight excluding hydrogens is 263 g/mol. The Kier molecular flexibility index (Phi) is 3.89. The van der Waals surface area contributed by atoms with Crippen molar-refractivity contribution < 1.29 is 9.26 Å².